The summed E-state index contributed by atoms with van der Waals surface area (Å²) in [5, 5.41) is 3.70. The molecule has 1 aromatic rings. The first-order chi connectivity index (χ1) is 11.0. The summed E-state index contributed by atoms with van der Waals surface area (Å²) in [4.78, 5) is 0. The van der Waals surface area contributed by atoms with Gasteiger partial charge >= 0.3 is 0 Å². The predicted octanol–water partition coefficient (Wildman–Crippen LogP) is 6.22. The molecule has 0 fully saturated rings. The Morgan fingerprint density at radius 3 is 2.38 bits per heavy atom. The lowest BCUT2D eigenvalue weighted by atomic mass is 9.96. The van der Waals surface area contributed by atoms with E-state index in [0.29, 0.717) is 0 Å². The van der Waals surface area contributed by atoms with Gasteiger partial charge in [-0.15, -0.1) is 0 Å². The lowest BCUT2D eigenvalue weighted by molar-refractivity contribution is 0.482. The van der Waals surface area contributed by atoms with E-state index in [2.05, 4.69) is 83.9 Å². The van der Waals surface area contributed by atoms with Crippen LogP contribution in [0.4, 0.5) is 0 Å². The minimum atomic E-state index is -1.66. The zero-order valence-electron chi connectivity index (χ0n) is 16.6. The summed E-state index contributed by atoms with van der Waals surface area (Å²) in [5.74, 6) is 1.04. The second-order valence-electron chi connectivity index (χ2n) is 8.77. The number of hydrogen-bond donors (Lipinski definition) is 1. The molecule has 2 rings (SSSR count). The number of nitrogens with one attached hydrogen (secondary N) is 1. The molecule has 1 N–H and O–H groups in total. The molecular weight excluding hydrogens is 310 g/mol. The van der Waals surface area contributed by atoms with E-state index in [9.17, 15) is 0 Å². The molecule has 0 aliphatic heterocycles. The van der Waals surface area contributed by atoms with Crippen LogP contribution in [0.5, 0.6) is 5.75 Å². The van der Waals surface area contributed by atoms with Gasteiger partial charge in [-0.1, -0.05) is 31.1 Å². The van der Waals surface area contributed by atoms with E-state index >= 15 is 0 Å². The Morgan fingerprint density at radius 1 is 1.17 bits per heavy atom. The van der Waals surface area contributed by atoms with Crippen molar-refractivity contribution in [2.45, 2.75) is 72.6 Å². The summed E-state index contributed by atoms with van der Waals surface area (Å²) < 4.78 is 6.43. The number of fused-ring (bicyclic) bond motifs is 1. The van der Waals surface area contributed by atoms with Gasteiger partial charge in [0.1, 0.15) is 5.75 Å². The number of benzene rings is 1. The Balaban J connectivity index is 2.57. The van der Waals surface area contributed by atoms with E-state index in [1.54, 1.807) is 0 Å². The maximum atomic E-state index is 6.43. The predicted molar refractivity (Wildman–Crippen MR) is 109 cm³/mol. The van der Waals surface area contributed by atoms with Crippen LogP contribution in [-0.2, 0) is 0 Å². The fraction of sp³-hybridized carbons (Fsp3) is 0.524. The maximum absolute atomic E-state index is 6.43. The van der Waals surface area contributed by atoms with E-state index in [1.807, 2.05) is 0 Å². The van der Waals surface area contributed by atoms with E-state index in [1.165, 1.54) is 28.0 Å². The molecule has 0 unspecified atom stereocenters. The molecule has 0 amide bonds. The van der Waals surface area contributed by atoms with Crippen LogP contribution in [0, 0.1) is 0 Å². The molecule has 0 bridgehead atoms. The van der Waals surface area contributed by atoms with Gasteiger partial charge < -0.3 is 9.74 Å². The van der Waals surface area contributed by atoms with Crippen LogP contribution in [0.1, 0.15) is 58.6 Å². The first-order valence-corrected chi connectivity index (χ1v) is 12.4. The van der Waals surface area contributed by atoms with Crippen molar-refractivity contribution in [2.75, 3.05) is 0 Å². The van der Waals surface area contributed by atoms with Gasteiger partial charge in [0.05, 0.1) is 0 Å². The lowest BCUT2D eigenvalue weighted by Crippen LogP contribution is -2.35. The van der Waals surface area contributed by atoms with Crippen molar-refractivity contribution >= 4 is 20.0 Å². The second-order valence-corrected chi connectivity index (χ2v) is 13.2. The molecule has 0 saturated heterocycles. The highest BCUT2D eigenvalue weighted by Crippen LogP contribution is 2.43. The molecule has 0 radical (unpaired) electrons. The van der Waals surface area contributed by atoms with Crippen LogP contribution in [-0.4, -0.2) is 13.9 Å². The van der Waals surface area contributed by atoms with Crippen LogP contribution >= 0.6 is 0 Å². The molecule has 1 aliphatic rings. The molecule has 0 heterocycles. The van der Waals surface area contributed by atoms with Gasteiger partial charge in [0.15, 0.2) is 0 Å². The molecule has 0 saturated carbocycles. The Bertz CT molecular complexity index is 672. The molecule has 1 aliphatic carbocycles. The zero-order valence-corrected chi connectivity index (χ0v) is 17.6. The molecular formula is C21H33NOSi. The van der Waals surface area contributed by atoms with Gasteiger partial charge in [-0.2, -0.15) is 0 Å². The van der Waals surface area contributed by atoms with Crippen molar-refractivity contribution < 1.29 is 4.43 Å². The molecule has 2 nitrogen and oxygen atoms in total. The van der Waals surface area contributed by atoms with Crippen molar-refractivity contribution in [3.63, 3.8) is 0 Å². The molecule has 1 aromatic carbocycles. The molecule has 0 atom stereocenters. The minimum Gasteiger partial charge on any atom is -0.544 e. The van der Waals surface area contributed by atoms with Gasteiger partial charge in [-0.3, -0.25) is 0 Å². The summed E-state index contributed by atoms with van der Waals surface area (Å²) in [7, 11) is -1.66. The molecule has 24 heavy (non-hydrogen) atoms. The highest BCUT2D eigenvalue weighted by atomic mass is 28.4. The number of rotatable bonds is 5. The Morgan fingerprint density at radius 2 is 1.83 bits per heavy atom. The van der Waals surface area contributed by atoms with Crippen molar-refractivity contribution in [3.8, 4) is 5.75 Å². The Hall–Kier alpha value is -1.48. The Labute approximate surface area is 149 Å². The lowest BCUT2D eigenvalue weighted by Gasteiger charge is -2.27. The van der Waals surface area contributed by atoms with Crippen LogP contribution in [0.25, 0.3) is 11.6 Å². The molecule has 132 valence electrons. The monoisotopic (exact) mass is 343 g/mol. The van der Waals surface area contributed by atoms with E-state index < -0.39 is 8.32 Å². The highest BCUT2D eigenvalue weighted by molar-refractivity contribution is 6.70. The number of allylic oxidation sites excluding steroid dienone is 2. The van der Waals surface area contributed by atoms with Gasteiger partial charge in [0, 0.05) is 22.4 Å². The molecule has 0 aromatic heterocycles. The molecule has 3 heteroatoms. The third kappa shape index (κ3) is 4.53. The summed E-state index contributed by atoms with van der Waals surface area (Å²) >= 11 is 0. The van der Waals surface area contributed by atoms with Crippen LogP contribution in [0.3, 0.4) is 0 Å². The van der Waals surface area contributed by atoms with Gasteiger partial charge in [0.25, 0.3) is 0 Å². The first-order valence-electron chi connectivity index (χ1n) is 9.04. The van der Waals surface area contributed by atoms with Crippen LogP contribution in [0.15, 0.2) is 29.5 Å². The summed E-state index contributed by atoms with van der Waals surface area (Å²) in [6.07, 6.45) is 4.55. The normalized spacial score (nSPS) is 16.6. The van der Waals surface area contributed by atoms with Crippen molar-refractivity contribution in [3.05, 3.63) is 40.6 Å². The number of hydrogen-bond acceptors (Lipinski definition) is 2. The standard InChI is InChI=1S/C21H33NOSi/c1-9-11-15(2)19-17(22-21(3,4)5)14-16-12-10-13-18(20(16)19)23-24(6,7)8/h10,12-14,22H,9,11H2,1-8H3. The third-order valence-electron chi connectivity index (χ3n) is 3.86. The fourth-order valence-corrected chi connectivity index (χ4v) is 3.99. The van der Waals surface area contributed by atoms with Crippen molar-refractivity contribution in [1.82, 2.24) is 5.32 Å². The van der Waals surface area contributed by atoms with E-state index in [-0.39, 0.29) is 5.54 Å². The zero-order chi connectivity index (χ0) is 18.1. The van der Waals surface area contributed by atoms with E-state index in [4.69, 9.17) is 4.43 Å². The van der Waals surface area contributed by atoms with Gasteiger partial charge in [0.2, 0.25) is 8.32 Å². The minimum absolute atomic E-state index is 0.0332. The van der Waals surface area contributed by atoms with Crippen molar-refractivity contribution in [2.24, 2.45) is 0 Å². The third-order valence-corrected chi connectivity index (χ3v) is 4.69. The van der Waals surface area contributed by atoms with Crippen LogP contribution < -0.4 is 9.74 Å². The fourth-order valence-electron chi connectivity index (χ4n) is 3.16. The van der Waals surface area contributed by atoms with Gasteiger partial charge in [-0.05, 0) is 71.5 Å². The van der Waals surface area contributed by atoms with Crippen LogP contribution in [0.2, 0.25) is 19.6 Å². The Kier molecular flexibility index (Phi) is 5.33. The second kappa shape index (κ2) is 6.79. The highest BCUT2D eigenvalue weighted by Gasteiger charge is 2.28. The average Bonchev–Trinajstić information content (AvgIpc) is 2.73. The summed E-state index contributed by atoms with van der Waals surface area (Å²) in [5.41, 5.74) is 6.59. The molecule has 0 spiro atoms. The summed E-state index contributed by atoms with van der Waals surface area (Å²) in [6, 6.07) is 6.44. The van der Waals surface area contributed by atoms with Gasteiger partial charge in [-0.25, -0.2) is 0 Å². The topological polar surface area (TPSA) is 21.3 Å². The SMILES string of the molecule is CCCC(C)=C1C(NC(C)(C)C)=Cc2cccc(O[Si](C)(C)C)c21. The summed E-state index contributed by atoms with van der Waals surface area (Å²) in [6.45, 7) is 17.9. The van der Waals surface area contributed by atoms with Crippen molar-refractivity contribution in [1.29, 1.82) is 0 Å². The van der Waals surface area contributed by atoms with E-state index in [0.717, 1.165) is 18.6 Å². The largest absolute Gasteiger partial charge is 0.544 e. The average molecular weight is 344 g/mol. The first kappa shape index (κ1) is 18.8. The quantitative estimate of drug-likeness (QED) is 0.641. The maximum Gasteiger partial charge on any atom is 0.242 e. The smallest absolute Gasteiger partial charge is 0.242 e.